The van der Waals surface area contributed by atoms with Crippen LogP contribution in [0.3, 0.4) is 0 Å². The van der Waals surface area contributed by atoms with Gasteiger partial charge in [0, 0.05) is 11.6 Å². The number of imide groups is 1. The zero-order chi connectivity index (χ0) is 15.0. The van der Waals surface area contributed by atoms with Crippen LogP contribution in [0.5, 0.6) is 0 Å². The smallest absolute Gasteiger partial charge is 0.413 e. The van der Waals surface area contributed by atoms with E-state index < -0.39 is 12.0 Å². The van der Waals surface area contributed by atoms with E-state index in [0.29, 0.717) is 18.1 Å². The molecule has 0 saturated carbocycles. The lowest BCUT2D eigenvalue weighted by molar-refractivity contribution is -0.121. The zero-order valence-corrected chi connectivity index (χ0v) is 12.4. The van der Waals surface area contributed by atoms with Gasteiger partial charge < -0.3 is 4.74 Å². The Morgan fingerprint density at radius 3 is 2.60 bits per heavy atom. The molecule has 0 aliphatic rings. The van der Waals surface area contributed by atoms with Crippen molar-refractivity contribution in [1.29, 1.82) is 0 Å². The van der Waals surface area contributed by atoms with Crippen LogP contribution in [0.2, 0.25) is 5.02 Å². The third-order valence-electron chi connectivity index (χ3n) is 2.68. The molecule has 0 fully saturated rings. The fourth-order valence-electron chi connectivity index (χ4n) is 1.67. The van der Waals surface area contributed by atoms with Gasteiger partial charge in [0.15, 0.2) is 0 Å². The van der Waals surface area contributed by atoms with Gasteiger partial charge in [-0.05, 0) is 25.1 Å². The van der Waals surface area contributed by atoms with Gasteiger partial charge in [-0.1, -0.05) is 36.7 Å². The number of nitrogens with one attached hydrogen (secondary N) is 1. The highest BCUT2D eigenvalue weighted by Crippen LogP contribution is 2.16. The number of likely N-dealkylation sites (N-methyl/N-ethyl adjacent to an activating group) is 1. The lowest BCUT2D eigenvalue weighted by atomic mass is 10.2. The molecule has 5 nitrogen and oxygen atoms in total. The molecule has 1 aromatic carbocycles. The van der Waals surface area contributed by atoms with Crippen molar-refractivity contribution in [1.82, 2.24) is 10.2 Å². The first-order valence-corrected chi connectivity index (χ1v) is 6.87. The molecular weight excluding hydrogens is 280 g/mol. The van der Waals surface area contributed by atoms with E-state index >= 15 is 0 Å². The Morgan fingerprint density at radius 1 is 1.30 bits per heavy atom. The van der Waals surface area contributed by atoms with Gasteiger partial charge >= 0.3 is 6.09 Å². The Balaban J connectivity index is 2.53. The maximum Gasteiger partial charge on any atom is 0.413 e. The molecule has 0 radical (unpaired) electrons. The predicted molar refractivity (Wildman–Crippen MR) is 77.6 cm³/mol. The van der Waals surface area contributed by atoms with Crippen LogP contribution in [0, 0.1) is 0 Å². The van der Waals surface area contributed by atoms with E-state index in [9.17, 15) is 9.59 Å². The number of carbonyl (C=O) groups excluding carboxylic acids is 2. The Labute approximate surface area is 123 Å². The highest BCUT2D eigenvalue weighted by atomic mass is 35.5. The van der Waals surface area contributed by atoms with E-state index in [4.69, 9.17) is 11.6 Å². The van der Waals surface area contributed by atoms with Crippen molar-refractivity contribution in [3.63, 3.8) is 0 Å². The van der Waals surface area contributed by atoms with E-state index in [2.05, 4.69) is 10.1 Å². The van der Waals surface area contributed by atoms with Crippen LogP contribution in [0.15, 0.2) is 24.3 Å². The molecule has 20 heavy (non-hydrogen) atoms. The average molecular weight is 299 g/mol. The third kappa shape index (κ3) is 5.59. The minimum absolute atomic E-state index is 0.112. The standard InChI is InChI=1S/C14H19ClN2O3/c1-3-17(9-11-7-5-6-8-12(11)15)10-13(18)16-14(19)20-4-2/h5-8H,3-4,9-10H2,1-2H3,(H,16,18,19). The Morgan fingerprint density at radius 2 is 2.00 bits per heavy atom. The first kappa shape index (κ1) is 16.5. The van der Waals surface area contributed by atoms with Crippen LogP contribution in [0.4, 0.5) is 4.79 Å². The number of rotatable bonds is 6. The number of ether oxygens (including phenoxy) is 1. The fourth-order valence-corrected chi connectivity index (χ4v) is 1.87. The molecule has 0 bridgehead atoms. The summed E-state index contributed by atoms with van der Waals surface area (Å²) in [6.07, 6.45) is -0.716. The van der Waals surface area contributed by atoms with Crippen molar-refractivity contribution < 1.29 is 14.3 Å². The summed E-state index contributed by atoms with van der Waals surface area (Å²) in [4.78, 5) is 24.7. The molecule has 2 amide bonds. The van der Waals surface area contributed by atoms with Crippen LogP contribution in [0.1, 0.15) is 19.4 Å². The number of hydrogen-bond acceptors (Lipinski definition) is 4. The summed E-state index contributed by atoms with van der Waals surface area (Å²) in [7, 11) is 0. The SMILES string of the molecule is CCOC(=O)NC(=O)CN(CC)Cc1ccccc1Cl. The number of nitrogens with zero attached hydrogens (tertiary/aromatic N) is 1. The first-order valence-electron chi connectivity index (χ1n) is 6.49. The second-order valence-corrected chi connectivity index (χ2v) is 4.57. The topological polar surface area (TPSA) is 58.6 Å². The Bertz CT molecular complexity index is 465. The van der Waals surface area contributed by atoms with E-state index in [-0.39, 0.29) is 13.2 Å². The molecule has 0 unspecified atom stereocenters. The molecule has 1 rings (SSSR count). The second kappa shape index (κ2) is 8.55. The molecule has 6 heteroatoms. The van der Waals surface area contributed by atoms with Gasteiger partial charge in [0.1, 0.15) is 0 Å². The number of alkyl carbamates (subject to hydrolysis) is 1. The summed E-state index contributed by atoms with van der Waals surface area (Å²) in [5.74, 6) is -0.391. The molecule has 0 saturated heterocycles. The normalized spacial score (nSPS) is 10.4. The van der Waals surface area contributed by atoms with Gasteiger partial charge in [0.05, 0.1) is 13.2 Å². The summed E-state index contributed by atoms with van der Waals surface area (Å²) >= 11 is 6.09. The summed E-state index contributed by atoms with van der Waals surface area (Å²) in [5.41, 5.74) is 0.944. The number of amides is 2. The second-order valence-electron chi connectivity index (χ2n) is 4.16. The van der Waals surface area contributed by atoms with Crippen LogP contribution in [-0.2, 0) is 16.1 Å². The van der Waals surface area contributed by atoms with Crippen molar-refractivity contribution in [2.24, 2.45) is 0 Å². The van der Waals surface area contributed by atoms with Crippen LogP contribution < -0.4 is 5.32 Å². The van der Waals surface area contributed by atoms with E-state index in [1.54, 1.807) is 6.92 Å². The quantitative estimate of drug-likeness (QED) is 0.876. The van der Waals surface area contributed by atoms with Crippen molar-refractivity contribution in [3.05, 3.63) is 34.9 Å². The highest BCUT2D eigenvalue weighted by molar-refractivity contribution is 6.31. The molecule has 0 aliphatic heterocycles. The molecule has 0 aromatic heterocycles. The zero-order valence-electron chi connectivity index (χ0n) is 11.7. The molecule has 1 N–H and O–H groups in total. The van der Waals surface area contributed by atoms with E-state index in [0.717, 1.165) is 5.56 Å². The van der Waals surface area contributed by atoms with Gasteiger partial charge in [-0.2, -0.15) is 0 Å². The lowest BCUT2D eigenvalue weighted by Crippen LogP contribution is -2.40. The van der Waals surface area contributed by atoms with Crippen molar-refractivity contribution >= 4 is 23.6 Å². The number of benzene rings is 1. The van der Waals surface area contributed by atoms with Gasteiger partial charge in [-0.3, -0.25) is 15.0 Å². The first-order chi connectivity index (χ1) is 9.56. The third-order valence-corrected chi connectivity index (χ3v) is 3.05. The summed E-state index contributed by atoms with van der Waals surface area (Å²) < 4.78 is 4.65. The highest BCUT2D eigenvalue weighted by Gasteiger charge is 2.13. The Kier molecular flexibility index (Phi) is 7.04. The van der Waals surface area contributed by atoms with Crippen molar-refractivity contribution in [2.75, 3.05) is 19.7 Å². The molecule has 110 valence electrons. The fraction of sp³-hybridized carbons (Fsp3) is 0.429. The monoisotopic (exact) mass is 298 g/mol. The van der Waals surface area contributed by atoms with Gasteiger partial charge in [-0.15, -0.1) is 0 Å². The van der Waals surface area contributed by atoms with E-state index in [1.165, 1.54) is 0 Å². The summed E-state index contributed by atoms with van der Waals surface area (Å²) in [5, 5.41) is 2.83. The molecule has 0 spiro atoms. The van der Waals surface area contributed by atoms with E-state index in [1.807, 2.05) is 36.1 Å². The van der Waals surface area contributed by atoms with Gasteiger partial charge in [0.2, 0.25) is 5.91 Å². The van der Waals surface area contributed by atoms with Crippen molar-refractivity contribution in [3.8, 4) is 0 Å². The number of hydrogen-bond donors (Lipinski definition) is 1. The van der Waals surface area contributed by atoms with Crippen molar-refractivity contribution in [2.45, 2.75) is 20.4 Å². The summed E-state index contributed by atoms with van der Waals surface area (Å²) in [6.45, 7) is 5.18. The lowest BCUT2D eigenvalue weighted by Gasteiger charge is -2.20. The average Bonchev–Trinajstić information content (AvgIpc) is 2.40. The Hall–Kier alpha value is -1.59. The molecule has 1 aromatic rings. The molecule has 0 aliphatic carbocycles. The largest absolute Gasteiger partial charge is 0.450 e. The van der Waals surface area contributed by atoms with Crippen LogP contribution in [0.25, 0.3) is 0 Å². The predicted octanol–water partition coefficient (Wildman–Crippen LogP) is 2.43. The maximum atomic E-state index is 11.7. The number of carbonyl (C=O) groups is 2. The van der Waals surface area contributed by atoms with Crippen LogP contribution >= 0.6 is 11.6 Å². The maximum absolute atomic E-state index is 11.7. The molecule has 0 atom stereocenters. The van der Waals surface area contributed by atoms with Gasteiger partial charge in [-0.25, -0.2) is 4.79 Å². The number of halogens is 1. The molecule has 0 heterocycles. The van der Waals surface area contributed by atoms with Crippen LogP contribution in [-0.4, -0.2) is 36.6 Å². The van der Waals surface area contributed by atoms with Gasteiger partial charge in [0.25, 0.3) is 0 Å². The molecular formula is C14H19ClN2O3. The summed E-state index contributed by atoms with van der Waals surface area (Å²) in [6, 6.07) is 7.47. The minimum atomic E-state index is -0.716. The minimum Gasteiger partial charge on any atom is -0.450 e.